The van der Waals surface area contributed by atoms with Crippen LogP contribution < -0.4 is 5.32 Å². The summed E-state index contributed by atoms with van der Waals surface area (Å²) in [7, 11) is 0. The Morgan fingerprint density at radius 2 is 2.40 bits per heavy atom. The molecular weight excluding hydrogens is 186 g/mol. The normalized spacial score (nSPS) is 32.9. The van der Waals surface area contributed by atoms with Crippen LogP contribution in [0.3, 0.4) is 0 Å². The van der Waals surface area contributed by atoms with Crippen molar-refractivity contribution in [2.24, 2.45) is 5.41 Å². The van der Waals surface area contributed by atoms with Gasteiger partial charge in [-0.3, -0.25) is 0 Å². The van der Waals surface area contributed by atoms with Gasteiger partial charge in [-0.15, -0.1) is 6.58 Å². The lowest BCUT2D eigenvalue weighted by atomic mass is 9.85. The van der Waals surface area contributed by atoms with Crippen LogP contribution in [-0.4, -0.2) is 23.8 Å². The first-order valence-corrected chi connectivity index (χ1v) is 6.10. The molecule has 1 aliphatic carbocycles. The fourth-order valence-corrected chi connectivity index (χ4v) is 2.50. The van der Waals surface area contributed by atoms with Crippen molar-refractivity contribution in [3.05, 3.63) is 12.7 Å². The Hall–Kier alpha value is -0.340. The van der Waals surface area contributed by atoms with Crippen molar-refractivity contribution in [1.82, 2.24) is 5.32 Å². The highest BCUT2D eigenvalue weighted by Crippen LogP contribution is 2.37. The summed E-state index contributed by atoms with van der Waals surface area (Å²) in [6.45, 7) is 8.46. The molecule has 0 aromatic carbocycles. The number of rotatable bonds is 6. The molecule has 0 heterocycles. The van der Waals surface area contributed by atoms with Crippen LogP contribution in [0.4, 0.5) is 0 Å². The molecule has 2 N–H and O–H groups in total. The third-order valence-electron chi connectivity index (χ3n) is 3.73. The molecule has 88 valence electrons. The van der Waals surface area contributed by atoms with E-state index in [-0.39, 0.29) is 5.41 Å². The second-order valence-corrected chi connectivity index (χ2v) is 5.19. The van der Waals surface area contributed by atoms with Crippen LogP contribution in [0.1, 0.15) is 46.0 Å². The van der Waals surface area contributed by atoms with E-state index in [1.54, 1.807) is 0 Å². The minimum absolute atomic E-state index is 0.0996. The molecule has 1 saturated carbocycles. The third-order valence-corrected chi connectivity index (χ3v) is 3.73. The van der Waals surface area contributed by atoms with Gasteiger partial charge >= 0.3 is 0 Å². The van der Waals surface area contributed by atoms with Crippen LogP contribution in [0.15, 0.2) is 12.7 Å². The molecule has 0 amide bonds. The summed E-state index contributed by atoms with van der Waals surface area (Å²) in [5.74, 6) is 0. The molecule has 0 bridgehead atoms. The first kappa shape index (κ1) is 12.7. The Kier molecular flexibility index (Phi) is 4.81. The van der Waals surface area contributed by atoms with Gasteiger partial charge in [0, 0.05) is 24.1 Å². The molecule has 1 fully saturated rings. The average Bonchev–Trinajstić information content (AvgIpc) is 2.58. The topological polar surface area (TPSA) is 32.3 Å². The molecular formula is C13H25NO. The van der Waals surface area contributed by atoms with E-state index < -0.39 is 0 Å². The zero-order valence-corrected chi connectivity index (χ0v) is 10.1. The van der Waals surface area contributed by atoms with Gasteiger partial charge in [-0.2, -0.15) is 0 Å². The quantitative estimate of drug-likeness (QED) is 0.662. The van der Waals surface area contributed by atoms with E-state index in [1.165, 1.54) is 12.8 Å². The maximum atomic E-state index is 9.43. The highest BCUT2D eigenvalue weighted by molar-refractivity contribution is 4.94. The minimum Gasteiger partial charge on any atom is -0.396 e. The Balaban J connectivity index is 2.39. The lowest BCUT2D eigenvalue weighted by Crippen LogP contribution is -2.45. The van der Waals surface area contributed by atoms with E-state index in [2.05, 4.69) is 25.7 Å². The molecule has 1 rings (SSSR count). The van der Waals surface area contributed by atoms with E-state index in [4.69, 9.17) is 0 Å². The van der Waals surface area contributed by atoms with Crippen LogP contribution in [-0.2, 0) is 0 Å². The molecule has 2 heteroatoms. The van der Waals surface area contributed by atoms with Gasteiger partial charge in [0.1, 0.15) is 0 Å². The highest BCUT2D eigenvalue weighted by Gasteiger charge is 2.38. The lowest BCUT2D eigenvalue weighted by Gasteiger charge is -2.32. The van der Waals surface area contributed by atoms with Gasteiger partial charge in [0.05, 0.1) is 0 Å². The van der Waals surface area contributed by atoms with E-state index in [0.717, 1.165) is 19.3 Å². The van der Waals surface area contributed by atoms with Gasteiger partial charge in [-0.1, -0.05) is 19.4 Å². The van der Waals surface area contributed by atoms with Gasteiger partial charge in [0.15, 0.2) is 0 Å². The fourth-order valence-electron chi connectivity index (χ4n) is 2.50. The van der Waals surface area contributed by atoms with Crippen molar-refractivity contribution in [2.45, 2.75) is 58.0 Å². The van der Waals surface area contributed by atoms with Gasteiger partial charge in [0.25, 0.3) is 0 Å². The highest BCUT2D eigenvalue weighted by atomic mass is 16.3. The Morgan fingerprint density at radius 3 is 3.00 bits per heavy atom. The van der Waals surface area contributed by atoms with Crippen LogP contribution in [0.5, 0.6) is 0 Å². The SMILES string of the molecule is C=CCC[C@@H](C)N[C@@H]1CCC[C@@]1(C)CO. The number of hydrogen-bond acceptors (Lipinski definition) is 2. The molecule has 0 saturated heterocycles. The number of hydrogen-bond donors (Lipinski definition) is 2. The molecule has 0 aliphatic heterocycles. The molecule has 0 aromatic heterocycles. The largest absolute Gasteiger partial charge is 0.396 e. The summed E-state index contributed by atoms with van der Waals surface area (Å²) in [5, 5.41) is 13.1. The van der Waals surface area contributed by atoms with Gasteiger partial charge in [-0.25, -0.2) is 0 Å². The summed E-state index contributed by atoms with van der Waals surface area (Å²) in [6.07, 6.45) is 7.77. The Morgan fingerprint density at radius 1 is 1.67 bits per heavy atom. The second-order valence-electron chi connectivity index (χ2n) is 5.19. The van der Waals surface area contributed by atoms with Gasteiger partial charge < -0.3 is 10.4 Å². The fraction of sp³-hybridized carbons (Fsp3) is 0.846. The smallest absolute Gasteiger partial charge is 0.0499 e. The standard InChI is InChI=1S/C13H25NO/c1-4-5-7-11(2)14-12-8-6-9-13(12,3)10-15/h4,11-12,14-15H,1,5-10H2,2-3H3/t11-,12-,13+/m1/s1. The zero-order valence-electron chi connectivity index (χ0n) is 10.1. The van der Waals surface area contributed by atoms with E-state index in [1.807, 2.05) is 6.08 Å². The minimum atomic E-state index is 0.0996. The van der Waals surface area contributed by atoms with Crippen molar-refractivity contribution in [1.29, 1.82) is 0 Å². The maximum absolute atomic E-state index is 9.43. The molecule has 0 spiro atoms. The number of nitrogens with one attached hydrogen (secondary N) is 1. The molecule has 3 atom stereocenters. The molecule has 1 aliphatic rings. The predicted molar refractivity (Wildman–Crippen MR) is 64.9 cm³/mol. The van der Waals surface area contributed by atoms with Crippen molar-refractivity contribution in [2.75, 3.05) is 6.61 Å². The van der Waals surface area contributed by atoms with Crippen molar-refractivity contribution >= 4 is 0 Å². The van der Waals surface area contributed by atoms with E-state index in [0.29, 0.717) is 18.7 Å². The first-order chi connectivity index (χ1) is 7.12. The van der Waals surface area contributed by atoms with Crippen LogP contribution in [0.2, 0.25) is 0 Å². The summed E-state index contributed by atoms with van der Waals surface area (Å²) in [4.78, 5) is 0. The second kappa shape index (κ2) is 5.66. The van der Waals surface area contributed by atoms with Crippen LogP contribution in [0, 0.1) is 5.41 Å². The number of aliphatic hydroxyl groups is 1. The van der Waals surface area contributed by atoms with Gasteiger partial charge in [-0.05, 0) is 32.6 Å². The Bertz CT molecular complexity index is 205. The monoisotopic (exact) mass is 211 g/mol. The summed E-state index contributed by atoms with van der Waals surface area (Å²) < 4.78 is 0. The molecule has 0 radical (unpaired) electrons. The zero-order chi connectivity index (χ0) is 11.3. The van der Waals surface area contributed by atoms with Crippen molar-refractivity contribution in [3.8, 4) is 0 Å². The summed E-state index contributed by atoms with van der Waals surface area (Å²) in [5.41, 5.74) is 0.0996. The molecule has 15 heavy (non-hydrogen) atoms. The van der Waals surface area contributed by atoms with Crippen LogP contribution >= 0.6 is 0 Å². The molecule has 0 unspecified atom stereocenters. The number of allylic oxidation sites excluding steroid dienone is 1. The summed E-state index contributed by atoms with van der Waals surface area (Å²) in [6, 6.07) is 1.01. The Labute approximate surface area is 93.8 Å². The molecule has 0 aromatic rings. The predicted octanol–water partition coefficient (Wildman–Crippen LogP) is 2.48. The van der Waals surface area contributed by atoms with Crippen molar-refractivity contribution in [3.63, 3.8) is 0 Å². The first-order valence-electron chi connectivity index (χ1n) is 6.10. The van der Waals surface area contributed by atoms with Gasteiger partial charge in [0.2, 0.25) is 0 Å². The third kappa shape index (κ3) is 3.32. The van der Waals surface area contributed by atoms with E-state index >= 15 is 0 Å². The van der Waals surface area contributed by atoms with Crippen molar-refractivity contribution < 1.29 is 5.11 Å². The number of aliphatic hydroxyl groups excluding tert-OH is 1. The average molecular weight is 211 g/mol. The van der Waals surface area contributed by atoms with E-state index in [9.17, 15) is 5.11 Å². The molecule has 2 nitrogen and oxygen atoms in total. The lowest BCUT2D eigenvalue weighted by molar-refractivity contribution is 0.114. The summed E-state index contributed by atoms with van der Waals surface area (Å²) >= 11 is 0. The van der Waals surface area contributed by atoms with Crippen LogP contribution in [0.25, 0.3) is 0 Å². The maximum Gasteiger partial charge on any atom is 0.0499 e.